The van der Waals surface area contributed by atoms with Gasteiger partial charge >= 0.3 is 0 Å². The predicted octanol–water partition coefficient (Wildman–Crippen LogP) is 1.86. The summed E-state index contributed by atoms with van der Waals surface area (Å²) in [6, 6.07) is 7.47. The molecule has 0 saturated heterocycles. The molecule has 0 spiro atoms. The molecule has 5 nitrogen and oxygen atoms in total. The third-order valence-electron chi connectivity index (χ3n) is 2.55. The van der Waals surface area contributed by atoms with E-state index in [4.69, 9.17) is 20.9 Å². The Kier molecular flexibility index (Phi) is 4.90. The van der Waals surface area contributed by atoms with Crippen LogP contribution in [0.5, 0.6) is 0 Å². The highest BCUT2D eigenvalue weighted by Gasteiger charge is 2.12. The summed E-state index contributed by atoms with van der Waals surface area (Å²) < 4.78 is 9.91. The number of rotatable bonds is 6. The van der Waals surface area contributed by atoms with Gasteiger partial charge in [-0.25, -0.2) is 0 Å². The van der Waals surface area contributed by atoms with Gasteiger partial charge in [-0.1, -0.05) is 28.9 Å². The van der Waals surface area contributed by atoms with Gasteiger partial charge < -0.3 is 14.4 Å². The zero-order chi connectivity index (χ0) is 13.7. The van der Waals surface area contributed by atoms with Crippen molar-refractivity contribution in [3.8, 4) is 0 Å². The average Bonchev–Trinajstić information content (AvgIpc) is 2.80. The number of aliphatic hydroxyl groups excluding tert-OH is 1. The predicted molar refractivity (Wildman–Crippen MR) is 70.1 cm³/mol. The van der Waals surface area contributed by atoms with Crippen molar-refractivity contribution in [3.05, 3.63) is 46.6 Å². The van der Waals surface area contributed by atoms with Crippen molar-refractivity contribution in [2.45, 2.75) is 18.9 Å². The molecule has 1 unspecified atom stereocenters. The third-order valence-corrected chi connectivity index (χ3v) is 2.81. The van der Waals surface area contributed by atoms with E-state index >= 15 is 0 Å². The highest BCUT2D eigenvalue weighted by molar-refractivity contribution is 6.30. The van der Waals surface area contributed by atoms with Gasteiger partial charge in [-0.15, -0.1) is 0 Å². The lowest BCUT2D eigenvalue weighted by Gasteiger charge is -2.04. The van der Waals surface area contributed by atoms with Gasteiger partial charge in [0.2, 0.25) is 5.89 Å². The van der Waals surface area contributed by atoms with Crippen LogP contribution in [0.25, 0.3) is 0 Å². The van der Waals surface area contributed by atoms with Crippen LogP contribution in [0.1, 0.15) is 17.3 Å². The van der Waals surface area contributed by atoms with E-state index in [9.17, 15) is 5.11 Å². The molecule has 0 bridgehead atoms. The van der Waals surface area contributed by atoms with Crippen LogP contribution in [-0.4, -0.2) is 35.1 Å². The van der Waals surface area contributed by atoms with Crippen LogP contribution >= 0.6 is 11.6 Å². The summed E-state index contributed by atoms with van der Waals surface area (Å²) >= 11 is 5.82. The smallest absolute Gasteiger partial charge is 0.229 e. The van der Waals surface area contributed by atoms with Crippen molar-refractivity contribution in [2.24, 2.45) is 0 Å². The Bertz CT molecular complexity index is 513. The molecule has 1 N–H and O–H groups in total. The van der Waals surface area contributed by atoms with Crippen LogP contribution in [0.4, 0.5) is 0 Å². The summed E-state index contributed by atoms with van der Waals surface area (Å²) in [6.45, 7) is 0.245. The first-order valence-corrected chi connectivity index (χ1v) is 6.28. The van der Waals surface area contributed by atoms with Gasteiger partial charge in [0.1, 0.15) is 0 Å². The number of hydrogen-bond donors (Lipinski definition) is 1. The molecule has 0 fully saturated rings. The van der Waals surface area contributed by atoms with E-state index < -0.39 is 6.10 Å². The molecule has 1 aromatic carbocycles. The number of halogens is 1. The fraction of sp³-hybridized carbons (Fsp3) is 0.385. The van der Waals surface area contributed by atoms with E-state index in [1.165, 1.54) is 7.11 Å². The topological polar surface area (TPSA) is 68.4 Å². The maximum atomic E-state index is 9.56. The van der Waals surface area contributed by atoms with Gasteiger partial charge in [0, 0.05) is 18.6 Å². The minimum absolute atomic E-state index is 0.245. The number of aliphatic hydroxyl groups is 1. The Morgan fingerprint density at radius 3 is 2.79 bits per heavy atom. The van der Waals surface area contributed by atoms with Gasteiger partial charge in [-0.3, -0.25) is 0 Å². The quantitative estimate of drug-likeness (QED) is 0.876. The van der Waals surface area contributed by atoms with E-state index in [0.29, 0.717) is 29.6 Å². The molecular formula is C13H15ClN2O3. The second-order valence-electron chi connectivity index (χ2n) is 4.22. The molecule has 0 saturated carbocycles. The van der Waals surface area contributed by atoms with Crippen LogP contribution in [0.15, 0.2) is 28.8 Å². The summed E-state index contributed by atoms with van der Waals surface area (Å²) in [4.78, 5) is 4.22. The Morgan fingerprint density at radius 2 is 2.11 bits per heavy atom. The van der Waals surface area contributed by atoms with E-state index in [1.54, 1.807) is 0 Å². The summed E-state index contributed by atoms with van der Waals surface area (Å²) in [5.41, 5.74) is 1.05. The molecule has 1 heterocycles. The first-order chi connectivity index (χ1) is 9.17. The van der Waals surface area contributed by atoms with Gasteiger partial charge in [0.25, 0.3) is 0 Å². The molecule has 1 atom stereocenters. The SMILES string of the molecule is COCC(O)Cc1nc(Cc2ccc(Cl)cc2)no1. The number of methoxy groups -OCH3 is 1. The van der Waals surface area contributed by atoms with E-state index in [-0.39, 0.29) is 6.61 Å². The van der Waals surface area contributed by atoms with Gasteiger partial charge in [-0.2, -0.15) is 4.98 Å². The van der Waals surface area contributed by atoms with Crippen LogP contribution in [0.3, 0.4) is 0 Å². The Hall–Kier alpha value is -1.43. The third kappa shape index (κ3) is 4.31. The fourth-order valence-corrected chi connectivity index (χ4v) is 1.81. The standard InChI is InChI=1S/C13H15ClN2O3/c1-18-8-11(17)7-13-15-12(16-19-13)6-9-2-4-10(14)5-3-9/h2-5,11,17H,6-8H2,1H3. The molecular weight excluding hydrogens is 268 g/mol. The van der Waals surface area contributed by atoms with Gasteiger partial charge in [0.05, 0.1) is 19.1 Å². The number of nitrogens with zero attached hydrogens (tertiary/aromatic N) is 2. The van der Waals surface area contributed by atoms with Crippen LogP contribution in [-0.2, 0) is 17.6 Å². The van der Waals surface area contributed by atoms with E-state index in [0.717, 1.165) is 5.56 Å². The maximum absolute atomic E-state index is 9.56. The summed E-state index contributed by atoms with van der Waals surface area (Å²) in [6.07, 6.45) is 0.233. The molecule has 0 radical (unpaired) electrons. The van der Waals surface area contributed by atoms with Crippen LogP contribution < -0.4 is 0 Å². The lowest BCUT2D eigenvalue weighted by Crippen LogP contribution is -2.17. The molecule has 0 aliphatic carbocycles. The second kappa shape index (κ2) is 6.65. The molecule has 6 heteroatoms. The zero-order valence-electron chi connectivity index (χ0n) is 10.5. The van der Waals surface area contributed by atoms with Crippen molar-refractivity contribution in [3.63, 3.8) is 0 Å². The largest absolute Gasteiger partial charge is 0.390 e. The number of aromatic nitrogens is 2. The van der Waals surface area contributed by atoms with Crippen molar-refractivity contribution in [2.75, 3.05) is 13.7 Å². The summed E-state index contributed by atoms with van der Waals surface area (Å²) in [5.74, 6) is 0.996. The lowest BCUT2D eigenvalue weighted by molar-refractivity contribution is 0.0599. The molecule has 102 valence electrons. The minimum Gasteiger partial charge on any atom is -0.390 e. The molecule has 0 amide bonds. The Labute approximate surface area is 116 Å². The Morgan fingerprint density at radius 1 is 1.37 bits per heavy atom. The maximum Gasteiger partial charge on any atom is 0.229 e. The normalized spacial score (nSPS) is 12.6. The number of benzene rings is 1. The average molecular weight is 283 g/mol. The van der Waals surface area contributed by atoms with Crippen LogP contribution in [0, 0.1) is 0 Å². The lowest BCUT2D eigenvalue weighted by atomic mass is 10.1. The molecule has 2 rings (SSSR count). The first kappa shape index (κ1) is 14.0. The minimum atomic E-state index is -0.631. The van der Waals surface area contributed by atoms with E-state index in [2.05, 4.69) is 10.1 Å². The van der Waals surface area contributed by atoms with Crippen LogP contribution in [0.2, 0.25) is 5.02 Å². The Balaban J connectivity index is 1.95. The van der Waals surface area contributed by atoms with Crippen molar-refractivity contribution in [1.29, 1.82) is 0 Å². The summed E-state index contributed by atoms with van der Waals surface area (Å²) in [5, 5.41) is 14.1. The van der Waals surface area contributed by atoms with Crippen molar-refractivity contribution >= 4 is 11.6 Å². The first-order valence-electron chi connectivity index (χ1n) is 5.90. The monoisotopic (exact) mass is 282 g/mol. The number of hydrogen-bond acceptors (Lipinski definition) is 5. The second-order valence-corrected chi connectivity index (χ2v) is 4.66. The van der Waals surface area contributed by atoms with Gasteiger partial charge in [0.15, 0.2) is 5.82 Å². The molecule has 2 aromatic rings. The molecule has 1 aromatic heterocycles. The van der Waals surface area contributed by atoms with Crippen molar-refractivity contribution < 1.29 is 14.4 Å². The molecule has 0 aliphatic rings. The fourth-order valence-electron chi connectivity index (χ4n) is 1.68. The van der Waals surface area contributed by atoms with Crippen molar-refractivity contribution in [1.82, 2.24) is 10.1 Å². The number of ether oxygens (including phenoxy) is 1. The molecule has 19 heavy (non-hydrogen) atoms. The summed E-state index contributed by atoms with van der Waals surface area (Å²) in [7, 11) is 1.53. The van der Waals surface area contributed by atoms with E-state index in [1.807, 2.05) is 24.3 Å². The zero-order valence-corrected chi connectivity index (χ0v) is 11.3. The highest BCUT2D eigenvalue weighted by atomic mass is 35.5. The molecule has 0 aliphatic heterocycles. The van der Waals surface area contributed by atoms with Gasteiger partial charge in [-0.05, 0) is 17.7 Å². The highest BCUT2D eigenvalue weighted by Crippen LogP contribution is 2.12.